The number of hydrogen-bond acceptors (Lipinski definition) is 4. The number of carboxylic acids is 1. The Labute approximate surface area is 117 Å². The third-order valence-electron chi connectivity index (χ3n) is 4.06. The van der Waals surface area contributed by atoms with Crippen LogP contribution >= 0.6 is 11.3 Å². The molecule has 4 nitrogen and oxygen atoms in total. The van der Waals surface area contributed by atoms with Crippen molar-refractivity contribution in [3.63, 3.8) is 0 Å². The summed E-state index contributed by atoms with van der Waals surface area (Å²) in [5.74, 6) is -0.895. The number of thiophene rings is 1. The van der Waals surface area contributed by atoms with Gasteiger partial charge in [-0.15, -0.1) is 11.3 Å². The molecule has 0 aromatic carbocycles. The first-order valence-corrected chi connectivity index (χ1v) is 7.07. The second-order valence-corrected chi connectivity index (χ2v) is 7.14. The Morgan fingerprint density at radius 1 is 1.16 bits per heavy atom. The van der Waals surface area contributed by atoms with Gasteiger partial charge in [-0.1, -0.05) is 0 Å². The van der Waals surface area contributed by atoms with Crippen LogP contribution in [0.25, 0.3) is 0 Å². The Kier molecular flexibility index (Phi) is 3.32. The first-order chi connectivity index (χ1) is 8.57. The van der Waals surface area contributed by atoms with Crippen LogP contribution in [0.5, 0.6) is 0 Å². The Morgan fingerprint density at radius 3 is 2.00 bits per heavy atom. The van der Waals surface area contributed by atoms with Crippen molar-refractivity contribution < 1.29 is 19.2 Å². The summed E-state index contributed by atoms with van der Waals surface area (Å²) in [6, 6.07) is 0. The fourth-order valence-electron chi connectivity index (χ4n) is 2.18. The van der Waals surface area contributed by atoms with Crippen LogP contribution in [0.3, 0.4) is 0 Å². The molecule has 1 aliphatic rings. The Bertz CT molecular complexity index is 517. The molecule has 1 N–H and O–H groups in total. The summed E-state index contributed by atoms with van der Waals surface area (Å²) < 4.78 is 12.0. The molecule has 1 fully saturated rings. The van der Waals surface area contributed by atoms with Crippen molar-refractivity contribution in [3.05, 3.63) is 15.3 Å². The monoisotopic (exact) mass is 282 g/mol. The number of rotatable bonds is 2. The smallest absolute Gasteiger partial charge is 0.477 e. The predicted octanol–water partition coefficient (Wildman–Crippen LogP) is 2.36. The van der Waals surface area contributed by atoms with Gasteiger partial charge in [0.15, 0.2) is 0 Å². The minimum atomic E-state index is -0.895. The molecule has 0 atom stereocenters. The van der Waals surface area contributed by atoms with E-state index in [9.17, 15) is 9.90 Å². The van der Waals surface area contributed by atoms with Crippen molar-refractivity contribution in [1.82, 2.24) is 0 Å². The van der Waals surface area contributed by atoms with Gasteiger partial charge in [-0.2, -0.15) is 0 Å². The van der Waals surface area contributed by atoms with E-state index in [-0.39, 0.29) is 0 Å². The molecule has 0 bridgehead atoms. The van der Waals surface area contributed by atoms with Gasteiger partial charge in [0.2, 0.25) is 0 Å². The van der Waals surface area contributed by atoms with Crippen molar-refractivity contribution in [1.29, 1.82) is 0 Å². The lowest BCUT2D eigenvalue weighted by Gasteiger charge is -2.32. The molecular weight excluding hydrogens is 263 g/mol. The Hall–Kier alpha value is -0.845. The van der Waals surface area contributed by atoms with Crippen molar-refractivity contribution in [2.75, 3.05) is 0 Å². The van der Waals surface area contributed by atoms with E-state index < -0.39 is 24.3 Å². The summed E-state index contributed by atoms with van der Waals surface area (Å²) in [6.07, 6.45) is 0. The van der Waals surface area contributed by atoms with Crippen LogP contribution in [0.15, 0.2) is 0 Å². The first-order valence-electron chi connectivity index (χ1n) is 6.25. The average molecular weight is 282 g/mol. The highest BCUT2D eigenvalue weighted by molar-refractivity contribution is 7.15. The second-order valence-electron chi connectivity index (χ2n) is 5.92. The number of aromatic carboxylic acids is 1. The van der Waals surface area contributed by atoms with Gasteiger partial charge in [0, 0.05) is 4.88 Å². The Morgan fingerprint density at radius 2 is 1.63 bits per heavy atom. The summed E-state index contributed by atoms with van der Waals surface area (Å²) in [6.45, 7) is 11.7. The molecule has 0 amide bonds. The molecule has 2 heterocycles. The molecule has 1 aromatic heterocycles. The maximum atomic E-state index is 11.2. The van der Waals surface area contributed by atoms with E-state index in [0.717, 1.165) is 15.9 Å². The molecule has 1 aromatic rings. The van der Waals surface area contributed by atoms with Crippen LogP contribution in [0.2, 0.25) is 0 Å². The van der Waals surface area contributed by atoms with Crippen LogP contribution in [-0.4, -0.2) is 29.4 Å². The molecule has 19 heavy (non-hydrogen) atoms. The SMILES string of the molecule is Cc1sc(C(=O)O)c(C)c1B1OC(C)(C)C(C)(C)O1. The average Bonchev–Trinajstić information content (AvgIpc) is 2.62. The lowest BCUT2D eigenvalue weighted by Crippen LogP contribution is -2.41. The van der Waals surface area contributed by atoms with Gasteiger partial charge in [0.1, 0.15) is 4.88 Å². The quantitative estimate of drug-likeness (QED) is 0.846. The molecule has 0 saturated carbocycles. The summed E-state index contributed by atoms with van der Waals surface area (Å²) in [5, 5.41) is 9.18. The number of carboxylic acid groups (broad SMARTS) is 1. The molecular formula is C13H19BO4S. The van der Waals surface area contributed by atoms with Crippen molar-refractivity contribution in [2.24, 2.45) is 0 Å². The number of carbonyl (C=O) groups is 1. The lowest BCUT2D eigenvalue weighted by atomic mass is 9.76. The van der Waals surface area contributed by atoms with Crippen molar-refractivity contribution in [3.8, 4) is 0 Å². The third-order valence-corrected chi connectivity index (χ3v) is 5.27. The standard InChI is InChI=1S/C13H19BO4S/c1-7-9(8(2)19-10(7)11(15)16)14-17-12(3,4)13(5,6)18-14/h1-6H3,(H,15,16). The lowest BCUT2D eigenvalue weighted by molar-refractivity contribution is 0.00578. The van der Waals surface area contributed by atoms with Gasteiger partial charge in [-0.05, 0) is 52.6 Å². The van der Waals surface area contributed by atoms with Gasteiger partial charge in [0.05, 0.1) is 11.2 Å². The van der Waals surface area contributed by atoms with Gasteiger partial charge in [-0.3, -0.25) is 0 Å². The zero-order valence-corrected chi connectivity index (χ0v) is 13.0. The van der Waals surface area contributed by atoms with Crippen molar-refractivity contribution in [2.45, 2.75) is 52.7 Å². The molecule has 0 aliphatic carbocycles. The van der Waals surface area contributed by atoms with E-state index in [4.69, 9.17) is 9.31 Å². The highest BCUT2D eigenvalue weighted by Gasteiger charge is 2.53. The molecule has 1 aliphatic heterocycles. The van der Waals surface area contributed by atoms with Gasteiger partial charge in [0.25, 0.3) is 0 Å². The molecule has 0 unspecified atom stereocenters. The normalized spacial score (nSPS) is 20.8. The van der Waals surface area contributed by atoms with E-state index in [2.05, 4.69) is 0 Å². The van der Waals surface area contributed by atoms with E-state index in [1.807, 2.05) is 41.5 Å². The number of aryl methyl sites for hydroxylation is 1. The minimum absolute atomic E-state index is 0.363. The highest BCUT2D eigenvalue weighted by Crippen LogP contribution is 2.37. The molecule has 6 heteroatoms. The molecule has 104 valence electrons. The minimum Gasteiger partial charge on any atom is -0.477 e. The van der Waals surface area contributed by atoms with Crippen LogP contribution in [0, 0.1) is 13.8 Å². The van der Waals surface area contributed by atoms with Crippen LogP contribution in [0.4, 0.5) is 0 Å². The summed E-state index contributed by atoms with van der Waals surface area (Å²) in [4.78, 5) is 12.5. The molecule has 0 spiro atoms. The Balaban J connectivity index is 2.43. The van der Waals surface area contributed by atoms with E-state index in [1.54, 1.807) is 0 Å². The van der Waals surface area contributed by atoms with E-state index >= 15 is 0 Å². The van der Waals surface area contributed by atoms with Gasteiger partial charge < -0.3 is 14.4 Å². The summed E-state index contributed by atoms with van der Waals surface area (Å²) in [5.41, 5.74) is 0.776. The summed E-state index contributed by atoms with van der Waals surface area (Å²) >= 11 is 1.28. The van der Waals surface area contributed by atoms with Crippen LogP contribution < -0.4 is 5.46 Å². The molecule has 0 radical (unpaired) electrons. The van der Waals surface area contributed by atoms with Crippen LogP contribution in [-0.2, 0) is 9.31 Å². The van der Waals surface area contributed by atoms with Gasteiger partial charge >= 0.3 is 13.1 Å². The fraction of sp³-hybridized carbons (Fsp3) is 0.615. The summed E-state index contributed by atoms with van der Waals surface area (Å²) in [7, 11) is -0.491. The topological polar surface area (TPSA) is 55.8 Å². The third kappa shape index (κ3) is 2.22. The fourth-order valence-corrected chi connectivity index (χ4v) is 3.19. The zero-order chi connectivity index (χ0) is 14.6. The van der Waals surface area contributed by atoms with Gasteiger partial charge in [-0.25, -0.2) is 4.79 Å². The maximum absolute atomic E-state index is 11.2. The highest BCUT2D eigenvalue weighted by atomic mass is 32.1. The number of hydrogen-bond donors (Lipinski definition) is 1. The van der Waals surface area contributed by atoms with Crippen LogP contribution in [0.1, 0.15) is 47.8 Å². The van der Waals surface area contributed by atoms with Crippen molar-refractivity contribution >= 4 is 29.9 Å². The maximum Gasteiger partial charge on any atom is 0.496 e. The molecule has 2 rings (SSSR count). The molecule has 1 saturated heterocycles. The predicted molar refractivity (Wildman–Crippen MR) is 76.5 cm³/mol. The van der Waals surface area contributed by atoms with E-state index in [1.165, 1.54) is 11.3 Å². The van der Waals surface area contributed by atoms with E-state index in [0.29, 0.717) is 4.88 Å². The largest absolute Gasteiger partial charge is 0.496 e. The second kappa shape index (κ2) is 4.33. The zero-order valence-electron chi connectivity index (χ0n) is 12.2. The first kappa shape index (κ1) is 14.6.